The summed E-state index contributed by atoms with van der Waals surface area (Å²) in [7, 11) is -3.91. The molecule has 1 heterocycles. The Labute approximate surface area is 180 Å². The van der Waals surface area contributed by atoms with Crippen molar-refractivity contribution in [1.29, 1.82) is 0 Å². The molecule has 0 aliphatic rings. The summed E-state index contributed by atoms with van der Waals surface area (Å²) in [6.07, 6.45) is -1.14. The molecule has 30 heavy (non-hydrogen) atoms. The number of H-pyrrole nitrogens is 1. The molecule has 0 saturated carbocycles. The molecule has 3 aromatic rings. The average molecular weight is 493 g/mol. The fraction of sp³-hybridized carbons (Fsp3) is 0.105. The van der Waals surface area contributed by atoms with Crippen LogP contribution in [0, 0.1) is 0 Å². The van der Waals surface area contributed by atoms with E-state index in [0.717, 1.165) is 10.0 Å². The summed E-state index contributed by atoms with van der Waals surface area (Å²) in [5.41, 5.74) is 1.64. The van der Waals surface area contributed by atoms with Crippen LogP contribution >= 0.6 is 15.9 Å². The van der Waals surface area contributed by atoms with Crippen LogP contribution in [0.3, 0.4) is 0 Å². The van der Waals surface area contributed by atoms with Gasteiger partial charge in [-0.05, 0) is 43.3 Å². The first-order chi connectivity index (χ1) is 14.1. The van der Waals surface area contributed by atoms with Gasteiger partial charge in [0.05, 0.1) is 10.6 Å². The maximum Gasteiger partial charge on any atom is 0.357 e. The molecule has 0 aliphatic heterocycles. The fourth-order valence-electron chi connectivity index (χ4n) is 2.47. The van der Waals surface area contributed by atoms with Gasteiger partial charge in [0.1, 0.15) is 5.69 Å². The first kappa shape index (κ1) is 21.7. The zero-order chi connectivity index (χ0) is 21.9. The third kappa shape index (κ3) is 5.32. The number of rotatable bonds is 6. The molecule has 2 aromatic carbocycles. The number of aromatic amines is 1. The van der Waals surface area contributed by atoms with Crippen LogP contribution in [0.25, 0.3) is 11.3 Å². The van der Waals surface area contributed by atoms with E-state index in [4.69, 9.17) is 9.88 Å². The Morgan fingerprint density at radius 2 is 1.87 bits per heavy atom. The summed E-state index contributed by atoms with van der Waals surface area (Å²) in [6.45, 7) is 1.39. The molecule has 1 aromatic heterocycles. The van der Waals surface area contributed by atoms with E-state index in [1.54, 1.807) is 0 Å². The van der Waals surface area contributed by atoms with E-state index in [1.165, 1.54) is 37.3 Å². The Morgan fingerprint density at radius 3 is 2.53 bits per heavy atom. The number of ether oxygens (including phenoxy) is 1. The van der Waals surface area contributed by atoms with Crippen LogP contribution in [-0.4, -0.2) is 36.6 Å². The lowest BCUT2D eigenvalue weighted by Gasteiger charge is -2.13. The molecule has 9 nitrogen and oxygen atoms in total. The van der Waals surface area contributed by atoms with E-state index in [-0.39, 0.29) is 16.3 Å². The molecule has 1 amide bonds. The number of primary sulfonamides is 1. The fourth-order valence-corrected chi connectivity index (χ4v) is 3.29. The highest BCUT2D eigenvalue weighted by Gasteiger charge is 2.21. The summed E-state index contributed by atoms with van der Waals surface area (Å²) in [6, 6.07) is 14.3. The first-order valence-electron chi connectivity index (χ1n) is 8.59. The number of nitrogens with zero attached hydrogens (tertiary/aromatic N) is 1. The van der Waals surface area contributed by atoms with Crippen LogP contribution in [0.5, 0.6) is 0 Å². The molecule has 4 N–H and O–H groups in total. The molecule has 0 bridgehead atoms. The zero-order valence-corrected chi connectivity index (χ0v) is 18.0. The van der Waals surface area contributed by atoms with Crippen molar-refractivity contribution in [3.63, 3.8) is 0 Å². The van der Waals surface area contributed by atoms with Gasteiger partial charge < -0.3 is 10.1 Å². The van der Waals surface area contributed by atoms with Gasteiger partial charge in [0, 0.05) is 15.7 Å². The van der Waals surface area contributed by atoms with Crippen LogP contribution in [0.15, 0.2) is 64.0 Å². The average Bonchev–Trinajstić information content (AvgIpc) is 3.18. The van der Waals surface area contributed by atoms with Crippen molar-refractivity contribution in [2.24, 2.45) is 5.14 Å². The van der Waals surface area contributed by atoms with Gasteiger partial charge in [-0.3, -0.25) is 9.89 Å². The monoisotopic (exact) mass is 492 g/mol. The van der Waals surface area contributed by atoms with E-state index >= 15 is 0 Å². The Bertz CT molecular complexity index is 1190. The normalized spacial score (nSPS) is 12.2. The number of esters is 1. The third-order valence-electron chi connectivity index (χ3n) is 4.02. The topological polar surface area (TPSA) is 144 Å². The summed E-state index contributed by atoms with van der Waals surface area (Å²) in [5, 5.41) is 14.2. The SMILES string of the molecule is CC(OC(=O)c1cc(-c2ccc(Br)cc2)n[nH]1)C(=O)Nc1cccc(S(N)(=O)=O)c1. The molecular weight excluding hydrogens is 476 g/mol. The van der Waals surface area contributed by atoms with Gasteiger partial charge in [-0.1, -0.05) is 34.1 Å². The summed E-state index contributed by atoms with van der Waals surface area (Å²) in [5.74, 6) is -1.39. The number of carbonyl (C=O) groups excluding carboxylic acids is 2. The largest absolute Gasteiger partial charge is 0.448 e. The summed E-state index contributed by atoms with van der Waals surface area (Å²) >= 11 is 3.35. The molecule has 11 heteroatoms. The number of anilines is 1. The molecule has 0 spiro atoms. The van der Waals surface area contributed by atoms with Crippen molar-refractivity contribution in [2.75, 3.05) is 5.32 Å². The number of benzene rings is 2. The van der Waals surface area contributed by atoms with Crippen LogP contribution < -0.4 is 10.5 Å². The number of nitrogens with one attached hydrogen (secondary N) is 2. The van der Waals surface area contributed by atoms with Crippen molar-refractivity contribution in [2.45, 2.75) is 17.9 Å². The van der Waals surface area contributed by atoms with Crippen molar-refractivity contribution in [3.05, 3.63) is 64.8 Å². The van der Waals surface area contributed by atoms with Crippen molar-refractivity contribution in [3.8, 4) is 11.3 Å². The molecule has 3 rings (SSSR count). The van der Waals surface area contributed by atoms with Gasteiger partial charge in [0.25, 0.3) is 5.91 Å². The number of sulfonamides is 1. The molecule has 0 aliphatic carbocycles. The zero-order valence-electron chi connectivity index (χ0n) is 15.6. The predicted molar refractivity (Wildman–Crippen MR) is 113 cm³/mol. The molecule has 156 valence electrons. The second-order valence-electron chi connectivity index (χ2n) is 6.28. The highest BCUT2D eigenvalue weighted by atomic mass is 79.9. The van der Waals surface area contributed by atoms with Crippen LogP contribution in [0.4, 0.5) is 5.69 Å². The second kappa shape index (κ2) is 8.78. The van der Waals surface area contributed by atoms with Crippen LogP contribution in [-0.2, 0) is 19.6 Å². The number of aromatic nitrogens is 2. The minimum Gasteiger partial charge on any atom is -0.448 e. The van der Waals surface area contributed by atoms with E-state index < -0.39 is 28.0 Å². The molecular formula is C19H17BrN4O5S. The van der Waals surface area contributed by atoms with Gasteiger partial charge in [-0.15, -0.1) is 0 Å². The maximum atomic E-state index is 12.3. The number of carbonyl (C=O) groups is 2. The van der Waals surface area contributed by atoms with E-state index in [9.17, 15) is 18.0 Å². The predicted octanol–water partition coefficient (Wildman–Crippen LogP) is 2.67. The van der Waals surface area contributed by atoms with Crippen molar-refractivity contribution >= 4 is 43.5 Å². The van der Waals surface area contributed by atoms with Gasteiger partial charge in [-0.2, -0.15) is 5.10 Å². The lowest BCUT2D eigenvalue weighted by Crippen LogP contribution is -2.30. The maximum absolute atomic E-state index is 12.3. The lowest BCUT2D eigenvalue weighted by molar-refractivity contribution is -0.123. The highest BCUT2D eigenvalue weighted by Crippen LogP contribution is 2.21. The summed E-state index contributed by atoms with van der Waals surface area (Å²) in [4.78, 5) is 24.5. The van der Waals surface area contributed by atoms with Crippen LogP contribution in [0.1, 0.15) is 17.4 Å². The Balaban J connectivity index is 1.64. The molecule has 1 unspecified atom stereocenters. The standard InChI is InChI=1S/C19H17BrN4O5S/c1-11(18(25)22-14-3-2-4-15(9-14)30(21,27)28)29-19(26)17-10-16(23-24-17)12-5-7-13(20)8-6-12/h2-11H,1H3,(H,22,25)(H,23,24)(H2,21,27,28). The van der Waals surface area contributed by atoms with Crippen molar-refractivity contribution < 1.29 is 22.7 Å². The lowest BCUT2D eigenvalue weighted by atomic mass is 10.1. The molecule has 1 atom stereocenters. The first-order valence-corrected chi connectivity index (χ1v) is 10.9. The second-order valence-corrected chi connectivity index (χ2v) is 8.76. The Hall–Kier alpha value is -3.02. The van der Waals surface area contributed by atoms with Gasteiger partial charge >= 0.3 is 5.97 Å². The Morgan fingerprint density at radius 1 is 1.17 bits per heavy atom. The number of amides is 1. The van der Waals surface area contributed by atoms with E-state index in [2.05, 4.69) is 31.4 Å². The summed E-state index contributed by atoms with van der Waals surface area (Å²) < 4.78 is 28.9. The molecule has 0 radical (unpaired) electrons. The number of nitrogens with two attached hydrogens (primary N) is 1. The highest BCUT2D eigenvalue weighted by molar-refractivity contribution is 9.10. The van der Waals surface area contributed by atoms with E-state index in [0.29, 0.717) is 5.69 Å². The molecule has 0 saturated heterocycles. The number of hydrogen-bond acceptors (Lipinski definition) is 6. The number of halogens is 1. The third-order valence-corrected chi connectivity index (χ3v) is 5.46. The molecule has 0 fully saturated rings. The van der Waals surface area contributed by atoms with E-state index in [1.807, 2.05) is 24.3 Å². The van der Waals surface area contributed by atoms with Gasteiger partial charge in [-0.25, -0.2) is 18.4 Å². The van der Waals surface area contributed by atoms with Gasteiger partial charge in [0.2, 0.25) is 10.0 Å². The Kier molecular flexibility index (Phi) is 6.34. The van der Waals surface area contributed by atoms with Crippen LogP contribution in [0.2, 0.25) is 0 Å². The minimum absolute atomic E-state index is 0.0868. The smallest absolute Gasteiger partial charge is 0.357 e. The quantitative estimate of drug-likeness (QED) is 0.451. The number of hydrogen-bond donors (Lipinski definition) is 3. The van der Waals surface area contributed by atoms with Crippen molar-refractivity contribution in [1.82, 2.24) is 10.2 Å². The minimum atomic E-state index is -3.91. The van der Waals surface area contributed by atoms with Gasteiger partial charge in [0.15, 0.2) is 6.10 Å².